The summed E-state index contributed by atoms with van der Waals surface area (Å²) in [5.74, 6) is -0.508. The molecule has 3 fully saturated rings. The van der Waals surface area contributed by atoms with Crippen molar-refractivity contribution in [2.45, 2.75) is 115 Å². The van der Waals surface area contributed by atoms with Gasteiger partial charge in [0.15, 0.2) is 5.60 Å². The van der Waals surface area contributed by atoms with Gasteiger partial charge in [0.1, 0.15) is 11.2 Å². The Balaban J connectivity index is 0.000000648. The molecule has 3 aliphatic heterocycles. The maximum absolute atomic E-state index is 12.2. The predicted molar refractivity (Wildman–Crippen MR) is 204 cm³/mol. The topological polar surface area (TPSA) is 127 Å². The first-order chi connectivity index (χ1) is 22.6. The molecular weight excluding hydrogens is 666 g/mol. The summed E-state index contributed by atoms with van der Waals surface area (Å²) < 4.78 is 14.3. The van der Waals surface area contributed by atoms with Crippen molar-refractivity contribution in [1.82, 2.24) is 29.8 Å². The molecule has 3 heterocycles. The van der Waals surface area contributed by atoms with E-state index in [1.807, 2.05) is 21.4 Å². The third-order valence-electron chi connectivity index (χ3n) is 9.54. The highest BCUT2D eigenvalue weighted by atomic mass is 31.0. The van der Waals surface area contributed by atoms with Gasteiger partial charge >= 0.3 is 5.97 Å². The van der Waals surface area contributed by atoms with Crippen LogP contribution in [0.4, 0.5) is 0 Å². The van der Waals surface area contributed by atoms with E-state index in [1.165, 1.54) is 33.0 Å². The van der Waals surface area contributed by atoms with Crippen LogP contribution in [0.2, 0.25) is 0 Å². The Bertz CT molecular complexity index is 961. The molecule has 0 saturated carbocycles. The van der Waals surface area contributed by atoms with E-state index in [0.29, 0.717) is 6.04 Å². The largest absolute Gasteiger partial charge is 0.467 e. The quantitative estimate of drug-likeness (QED) is 0.282. The molecule has 3 rings (SSSR count). The molecule has 0 spiro atoms. The number of likely N-dealkylation sites (tertiary alicyclic amines) is 3. The molecule has 0 bridgehead atoms. The normalized spacial score (nSPS) is 19.3. The fraction of sp³-hybridized carbons (Fsp3) is 0.912. The molecule has 2 N–H and O–H groups in total. The molecule has 0 aromatic rings. The van der Waals surface area contributed by atoms with Gasteiger partial charge < -0.3 is 48.7 Å². The van der Waals surface area contributed by atoms with Crippen molar-refractivity contribution in [3.05, 3.63) is 0 Å². The van der Waals surface area contributed by atoms with Gasteiger partial charge in [-0.3, -0.25) is 9.59 Å². The van der Waals surface area contributed by atoms with Crippen LogP contribution >= 0.6 is 18.9 Å². The lowest BCUT2D eigenvalue weighted by Gasteiger charge is -2.38. The Labute approximate surface area is 303 Å². The molecule has 290 valence electrons. The van der Waals surface area contributed by atoms with Crippen LogP contribution in [0.3, 0.4) is 0 Å². The SMILES string of the molecule is CN1CCC(N(C)C(=O)C(C)(C)O)CC1.CN1CCC(N(C)C(=O)C(C)(C)OP)CC1.CNC1CCN(C)CC1.COC(=O)C(C)(C)OP. The summed E-state index contributed by atoms with van der Waals surface area (Å²) in [6.07, 6.45) is 6.71. The lowest BCUT2D eigenvalue weighted by Crippen LogP contribution is -2.51. The number of carbonyl (C=O) groups is 3. The number of rotatable bonds is 8. The lowest BCUT2D eigenvalue weighted by atomic mass is 10.0. The highest BCUT2D eigenvalue weighted by Crippen LogP contribution is 2.22. The van der Waals surface area contributed by atoms with Crippen LogP contribution in [0.25, 0.3) is 0 Å². The molecular formula is C34H72N6O7P2. The Morgan fingerprint density at radius 3 is 1.27 bits per heavy atom. The second-order valence-electron chi connectivity index (χ2n) is 15.1. The molecule has 3 saturated heterocycles. The minimum Gasteiger partial charge on any atom is -0.467 e. The van der Waals surface area contributed by atoms with Crippen molar-refractivity contribution in [3.8, 4) is 0 Å². The number of likely N-dealkylation sites (N-methyl/N-ethyl adjacent to an activating group) is 2. The summed E-state index contributed by atoms with van der Waals surface area (Å²) in [7, 11) is 17.6. The lowest BCUT2D eigenvalue weighted by molar-refractivity contribution is -0.155. The van der Waals surface area contributed by atoms with Crippen LogP contribution in [0.15, 0.2) is 0 Å². The molecule has 49 heavy (non-hydrogen) atoms. The van der Waals surface area contributed by atoms with Crippen LogP contribution in [0.1, 0.15) is 80.1 Å². The number of carbonyl (C=O) groups excluding carboxylic acids is 3. The number of hydrogen-bond acceptors (Lipinski definition) is 11. The van der Waals surface area contributed by atoms with E-state index in [9.17, 15) is 19.5 Å². The van der Waals surface area contributed by atoms with E-state index < -0.39 is 16.8 Å². The summed E-state index contributed by atoms with van der Waals surface area (Å²) in [6.45, 7) is 16.6. The number of ether oxygens (including phenoxy) is 1. The van der Waals surface area contributed by atoms with Crippen molar-refractivity contribution in [2.24, 2.45) is 0 Å². The third kappa shape index (κ3) is 17.9. The van der Waals surface area contributed by atoms with E-state index in [-0.39, 0.29) is 23.8 Å². The van der Waals surface area contributed by atoms with E-state index in [0.717, 1.165) is 57.9 Å². The van der Waals surface area contributed by atoms with E-state index in [4.69, 9.17) is 9.05 Å². The van der Waals surface area contributed by atoms with Crippen molar-refractivity contribution < 1.29 is 33.3 Å². The minimum absolute atomic E-state index is 0.0528. The molecule has 3 aliphatic rings. The van der Waals surface area contributed by atoms with E-state index in [1.54, 1.807) is 53.5 Å². The van der Waals surface area contributed by atoms with Gasteiger partial charge in [-0.15, -0.1) is 0 Å². The van der Waals surface area contributed by atoms with Crippen LogP contribution in [0.5, 0.6) is 0 Å². The molecule has 0 aliphatic carbocycles. The minimum atomic E-state index is -1.25. The summed E-state index contributed by atoms with van der Waals surface area (Å²) in [5.41, 5.74) is -2.85. The van der Waals surface area contributed by atoms with Gasteiger partial charge in [-0.25, -0.2) is 4.79 Å². The maximum atomic E-state index is 12.2. The van der Waals surface area contributed by atoms with Gasteiger partial charge in [-0.1, -0.05) is 0 Å². The van der Waals surface area contributed by atoms with E-state index >= 15 is 0 Å². The molecule has 0 aromatic heterocycles. The van der Waals surface area contributed by atoms with Crippen molar-refractivity contribution in [3.63, 3.8) is 0 Å². The molecule has 0 aromatic carbocycles. The van der Waals surface area contributed by atoms with Crippen LogP contribution < -0.4 is 5.32 Å². The number of esters is 1. The summed E-state index contributed by atoms with van der Waals surface area (Å²) in [5, 5.41) is 12.9. The molecule has 2 unspecified atom stereocenters. The molecule has 2 amide bonds. The van der Waals surface area contributed by atoms with Gasteiger partial charge in [0.25, 0.3) is 11.8 Å². The smallest absolute Gasteiger partial charge is 0.337 e. The average Bonchev–Trinajstić information content (AvgIpc) is 3.08. The van der Waals surface area contributed by atoms with E-state index in [2.05, 4.69) is 62.4 Å². The number of nitrogens with zero attached hydrogens (tertiary/aromatic N) is 5. The van der Waals surface area contributed by atoms with Gasteiger partial charge in [-0.2, -0.15) is 0 Å². The zero-order chi connectivity index (χ0) is 38.2. The first-order valence-corrected chi connectivity index (χ1v) is 18.4. The number of piperidine rings is 3. The van der Waals surface area contributed by atoms with Crippen LogP contribution in [-0.2, 0) is 28.2 Å². The third-order valence-corrected chi connectivity index (χ3v) is 10.7. The zero-order valence-electron chi connectivity index (χ0n) is 33.0. The van der Waals surface area contributed by atoms with Crippen LogP contribution in [-0.4, -0.2) is 171 Å². The molecule has 13 nitrogen and oxygen atoms in total. The first-order valence-electron chi connectivity index (χ1n) is 17.4. The highest BCUT2D eigenvalue weighted by Gasteiger charge is 2.35. The van der Waals surface area contributed by atoms with Crippen molar-refractivity contribution in [1.29, 1.82) is 0 Å². The fourth-order valence-corrected chi connectivity index (χ4v) is 5.79. The molecule has 0 radical (unpaired) electrons. The number of hydrogen-bond donors (Lipinski definition) is 2. The Kier molecular flexibility index (Phi) is 22.4. The molecule has 15 heteroatoms. The number of aliphatic hydroxyl groups is 1. The van der Waals surface area contributed by atoms with Gasteiger partial charge in [-0.05, 0) is 148 Å². The predicted octanol–water partition coefficient (Wildman–Crippen LogP) is 2.48. The Morgan fingerprint density at radius 1 is 0.673 bits per heavy atom. The van der Waals surface area contributed by atoms with Gasteiger partial charge in [0.05, 0.1) is 7.11 Å². The summed E-state index contributed by atoms with van der Waals surface area (Å²) in [6, 6.07) is 1.41. The zero-order valence-corrected chi connectivity index (χ0v) is 35.3. The highest BCUT2D eigenvalue weighted by molar-refractivity contribution is 7.10. The summed E-state index contributed by atoms with van der Waals surface area (Å²) >= 11 is 0. The second-order valence-corrected chi connectivity index (χ2v) is 15.5. The number of nitrogens with one attached hydrogen (secondary N) is 1. The average molecular weight is 739 g/mol. The van der Waals surface area contributed by atoms with Crippen molar-refractivity contribution >= 4 is 36.7 Å². The Morgan fingerprint density at radius 2 is 1.00 bits per heavy atom. The van der Waals surface area contributed by atoms with Gasteiger partial charge in [0.2, 0.25) is 0 Å². The number of amides is 2. The van der Waals surface area contributed by atoms with Crippen LogP contribution in [0, 0.1) is 0 Å². The fourth-order valence-electron chi connectivity index (χ4n) is 5.59. The first kappa shape index (κ1) is 48.0. The number of methoxy groups -OCH3 is 1. The van der Waals surface area contributed by atoms with Gasteiger partial charge in [0, 0.05) is 51.2 Å². The monoisotopic (exact) mass is 738 g/mol. The summed E-state index contributed by atoms with van der Waals surface area (Å²) in [4.78, 5) is 45.2. The second kappa shape index (κ2) is 22.8. The Hall–Kier alpha value is -1.01. The standard InChI is InChI=1S/C11H23N2O2P.C11H22N2O2.C7H16N2.C5H11O3P/c1-11(2,15-16)10(14)13(4)9-5-7-12(3)8-6-9;1-11(2,15)10(14)13(4)9-5-7-12(3)8-6-9;1-8-7-3-5-9(2)6-4-7;1-5(2,8-9)4(6)7-3/h9H,5-8,16H2,1-4H3;9,15H,5-8H2,1-4H3;7-8H,3-6H2,1-2H3;9H2,1-3H3. The van der Waals surface area contributed by atoms with Crippen molar-refractivity contribution in [2.75, 3.05) is 88.7 Å². The molecule has 2 atom stereocenters. The maximum Gasteiger partial charge on any atom is 0.337 e.